The Morgan fingerprint density at radius 2 is 1.78 bits per heavy atom. The summed E-state index contributed by atoms with van der Waals surface area (Å²) in [4.78, 5) is 26.7. The molecule has 0 spiro atoms. The first-order valence-corrected chi connectivity index (χ1v) is 14.1. The van der Waals surface area contributed by atoms with E-state index in [4.69, 9.17) is 4.74 Å². The molecule has 0 radical (unpaired) electrons. The highest BCUT2D eigenvalue weighted by Gasteiger charge is 2.69. The molecule has 0 amide bonds. The van der Waals surface area contributed by atoms with Gasteiger partial charge in [0.15, 0.2) is 5.78 Å². The monoisotopic (exact) mass is 517 g/mol. The Labute approximate surface area is 221 Å². The maximum absolute atomic E-state index is 13.6. The molecular formula is C30H47NO6. The molecule has 7 nitrogen and oxygen atoms in total. The lowest BCUT2D eigenvalue weighted by Crippen LogP contribution is -2.69. The maximum atomic E-state index is 13.6. The molecule has 7 heteroatoms. The summed E-state index contributed by atoms with van der Waals surface area (Å²) in [5.41, 5.74) is -3.98. The van der Waals surface area contributed by atoms with Gasteiger partial charge in [0.25, 0.3) is 0 Å². The van der Waals surface area contributed by atoms with E-state index in [2.05, 4.69) is 5.32 Å². The van der Waals surface area contributed by atoms with Crippen molar-refractivity contribution in [2.45, 2.75) is 109 Å². The third kappa shape index (κ3) is 4.44. The zero-order valence-corrected chi connectivity index (χ0v) is 23.5. The van der Waals surface area contributed by atoms with Gasteiger partial charge in [-0.3, -0.25) is 9.59 Å². The summed E-state index contributed by atoms with van der Waals surface area (Å²) in [6.45, 7) is 9.18. The number of hydrogen-bond acceptors (Lipinski definition) is 7. The van der Waals surface area contributed by atoms with Crippen LogP contribution in [-0.4, -0.2) is 63.6 Å². The van der Waals surface area contributed by atoms with Crippen LogP contribution < -0.4 is 5.32 Å². The average Bonchev–Trinajstić information content (AvgIpc) is 3.01. The lowest BCUT2D eigenvalue weighted by Gasteiger charge is -2.61. The topological polar surface area (TPSA) is 116 Å². The zero-order chi connectivity index (χ0) is 27.4. The molecule has 0 aliphatic heterocycles. The number of ketones is 1. The van der Waals surface area contributed by atoms with Gasteiger partial charge < -0.3 is 25.4 Å². The lowest BCUT2D eigenvalue weighted by molar-refractivity contribution is -0.246. The van der Waals surface area contributed by atoms with Crippen molar-refractivity contribution in [3.8, 4) is 0 Å². The first-order valence-electron chi connectivity index (χ1n) is 14.1. The molecule has 2 saturated carbocycles. The number of carbonyl (C=O) groups is 2. The van der Waals surface area contributed by atoms with Gasteiger partial charge in [-0.25, -0.2) is 0 Å². The average molecular weight is 518 g/mol. The van der Waals surface area contributed by atoms with Crippen molar-refractivity contribution < 1.29 is 29.6 Å². The second kappa shape index (κ2) is 9.89. The van der Waals surface area contributed by atoms with Gasteiger partial charge >= 0.3 is 5.97 Å². The number of aliphatic hydroxyl groups is 3. The Morgan fingerprint density at radius 3 is 2.38 bits per heavy atom. The molecule has 7 atom stereocenters. The number of esters is 1. The van der Waals surface area contributed by atoms with Crippen molar-refractivity contribution in [2.75, 3.05) is 13.7 Å². The van der Waals surface area contributed by atoms with Gasteiger partial charge in [0.05, 0.1) is 12.2 Å². The first kappa shape index (κ1) is 28.5. The van der Waals surface area contributed by atoms with Crippen LogP contribution in [0.4, 0.5) is 0 Å². The second-order valence-electron chi connectivity index (χ2n) is 13.2. The molecule has 0 bridgehead atoms. The number of ether oxygens (including phenoxy) is 1. The third-order valence-electron chi connectivity index (χ3n) is 10.7. The minimum atomic E-state index is -1.80. The molecule has 4 N–H and O–H groups in total. The van der Waals surface area contributed by atoms with Gasteiger partial charge in [-0.15, -0.1) is 0 Å². The standard InChI is InChI=1S/C30H47NO6/c1-18-12-24-29(35,25(18)33)16-21(17-32)14-23-27(3,4)28(5,15-19(2)30(23,24)36)37-26(34)22(31-6)13-20-10-8-7-9-11-20/h12,14,19-20,22-24,31-32,35-36H,7-11,13,15-17H2,1-6H3/t19-,22+,23+,24-,28-,29-,30-/m1/s1. The number of aliphatic hydroxyl groups excluding tert-OH is 1. The number of likely N-dealkylation sites (N-methyl/N-ethyl adjacent to an activating group) is 1. The van der Waals surface area contributed by atoms with E-state index in [-0.39, 0.29) is 19.0 Å². The van der Waals surface area contributed by atoms with Crippen LogP contribution in [0.5, 0.6) is 0 Å². The Balaban J connectivity index is 1.68. The molecule has 0 heterocycles. The van der Waals surface area contributed by atoms with E-state index < -0.39 is 51.8 Å². The van der Waals surface area contributed by atoms with Crippen molar-refractivity contribution in [3.63, 3.8) is 0 Å². The molecule has 0 aromatic carbocycles. The quantitative estimate of drug-likeness (QED) is 0.315. The normalized spacial score (nSPS) is 40.7. The Hall–Kier alpha value is -1.54. The van der Waals surface area contributed by atoms with E-state index in [0.717, 1.165) is 19.3 Å². The minimum absolute atomic E-state index is 0.0256. The maximum Gasteiger partial charge on any atom is 0.323 e. The van der Waals surface area contributed by atoms with Gasteiger partial charge in [-0.1, -0.05) is 65.0 Å². The lowest BCUT2D eigenvalue weighted by atomic mass is 9.48. The Morgan fingerprint density at radius 1 is 1.14 bits per heavy atom. The molecule has 2 fully saturated rings. The summed E-state index contributed by atoms with van der Waals surface area (Å²) < 4.78 is 6.39. The molecule has 4 aliphatic rings. The largest absolute Gasteiger partial charge is 0.458 e. The molecular weight excluding hydrogens is 470 g/mol. The van der Waals surface area contributed by atoms with Crippen LogP contribution in [0, 0.1) is 29.1 Å². The van der Waals surface area contributed by atoms with E-state index >= 15 is 0 Å². The van der Waals surface area contributed by atoms with Crippen molar-refractivity contribution in [1.82, 2.24) is 5.32 Å². The summed E-state index contributed by atoms with van der Waals surface area (Å²) in [6, 6.07) is -0.396. The van der Waals surface area contributed by atoms with Crippen LogP contribution >= 0.6 is 0 Å². The second-order valence-corrected chi connectivity index (χ2v) is 13.2. The van der Waals surface area contributed by atoms with E-state index in [1.165, 1.54) is 19.3 Å². The number of carbonyl (C=O) groups excluding carboxylic acids is 2. The summed E-state index contributed by atoms with van der Waals surface area (Å²) >= 11 is 0. The summed E-state index contributed by atoms with van der Waals surface area (Å²) in [6.07, 6.45) is 10.6. The molecule has 0 unspecified atom stereocenters. The Kier molecular flexibility index (Phi) is 7.61. The summed E-state index contributed by atoms with van der Waals surface area (Å²) in [5, 5.41) is 37.5. The fourth-order valence-electron chi connectivity index (χ4n) is 8.02. The molecule has 208 valence electrons. The van der Waals surface area contributed by atoms with Crippen LogP contribution in [0.1, 0.15) is 86.0 Å². The number of hydrogen-bond donors (Lipinski definition) is 4. The molecule has 37 heavy (non-hydrogen) atoms. The molecule has 0 aromatic heterocycles. The van der Waals surface area contributed by atoms with Gasteiger partial charge in [-0.05, 0) is 56.7 Å². The van der Waals surface area contributed by atoms with E-state index in [1.54, 1.807) is 20.0 Å². The van der Waals surface area contributed by atoms with Crippen LogP contribution in [0.3, 0.4) is 0 Å². The van der Waals surface area contributed by atoms with E-state index in [1.807, 2.05) is 33.8 Å². The fraction of sp³-hybridized carbons (Fsp3) is 0.800. The summed E-state index contributed by atoms with van der Waals surface area (Å²) in [5.74, 6) is -1.93. The highest BCUT2D eigenvalue weighted by atomic mass is 16.6. The number of fused-ring (bicyclic) bond motifs is 3. The van der Waals surface area contributed by atoms with Crippen molar-refractivity contribution >= 4 is 11.8 Å². The van der Waals surface area contributed by atoms with Crippen LogP contribution in [-0.2, 0) is 14.3 Å². The predicted octanol–water partition coefficient (Wildman–Crippen LogP) is 3.46. The Bertz CT molecular complexity index is 981. The minimum Gasteiger partial charge on any atom is -0.458 e. The smallest absolute Gasteiger partial charge is 0.323 e. The van der Waals surface area contributed by atoms with Gasteiger partial charge in [0.2, 0.25) is 0 Å². The van der Waals surface area contributed by atoms with Gasteiger partial charge in [0, 0.05) is 23.7 Å². The first-order chi connectivity index (χ1) is 17.2. The van der Waals surface area contributed by atoms with Crippen molar-refractivity contribution in [2.24, 2.45) is 29.1 Å². The van der Waals surface area contributed by atoms with Crippen LogP contribution in [0.15, 0.2) is 23.3 Å². The van der Waals surface area contributed by atoms with Crippen LogP contribution in [0.25, 0.3) is 0 Å². The summed E-state index contributed by atoms with van der Waals surface area (Å²) in [7, 11) is 1.80. The number of Topliss-reactive ketones (excluding diaryl/α,β-unsaturated/α-hetero) is 1. The SMILES string of the molecule is CN[C@@H](CC1CCCCC1)C(=O)O[C@]1(C)C[C@@H](C)[C@@]2(O)[C@@H](C=C(CO)C[C@]3(O)C(=O)C(C)=C[C@@H]23)C1(C)C. The molecule has 0 aromatic rings. The highest BCUT2D eigenvalue weighted by molar-refractivity contribution is 6.04. The predicted molar refractivity (Wildman–Crippen MR) is 142 cm³/mol. The van der Waals surface area contributed by atoms with E-state index in [9.17, 15) is 24.9 Å². The van der Waals surface area contributed by atoms with Crippen molar-refractivity contribution in [1.29, 1.82) is 0 Å². The molecule has 4 rings (SSSR count). The zero-order valence-electron chi connectivity index (χ0n) is 23.5. The molecule has 0 saturated heterocycles. The van der Waals surface area contributed by atoms with Crippen LogP contribution in [0.2, 0.25) is 0 Å². The van der Waals surface area contributed by atoms with Crippen molar-refractivity contribution in [3.05, 3.63) is 23.3 Å². The third-order valence-corrected chi connectivity index (χ3v) is 10.7. The van der Waals surface area contributed by atoms with E-state index in [0.29, 0.717) is 23.5 Å². The van der Waals surface area contributed by atoms with Gasteiger partial charge in [0.1, 0.15) is 17.2 Å². The number of nitrogens with one attached hydrogen (secondary N) is 1. The van der Waals surface area contributed by atoms with Gasteiger partial charge in [-0.2, -0.15) is 0 Å². The number of rotatable bonds is 6. The highest BCUT2D eigenvalue weighted by Crippen LogP contribution is 2.63. The fourth-order valence-corrected chi connectivity index (χ4v) is 8.02. The molecule has 4 aliphatic carbocycles.